The maximum atomic E-state index is 7.14. The molecule has 2 nitrogen and oxygen atoms in total. The summed E-state index contributed by atoms with van der Waals surface area (Å²) >= 11 is 0. The van der Waals surface area contributed by atoms with E-state index < -0.39 is 0 Å². The molecule has 4 heteroatoms. The van der Waals surface area contributed by atoms with E-state index in [1.807, 2.05) is 0 Å². The van der Waals surface area contributed by atoms with Crippen molar-refractivity contribution in [1.29, 1.82) is 0 Å². The van der Waals surface area contributed by atoms with Gasteiger partial charge >= 0.3 is 0 Å². The molecule has 0 radical (unpaired) electrons. The van der Waals surface area contributed by atoms with E-state index in [4.69, 9.17) is 4.80 Å². The van der Waals surface area contributed by atoms with Gasteiger partial charge in [0.05, 0.1) is 0 Å². The Morgan fingerprint density at radius 3 is 1.60 bits per heavy atom. The van der Waals surface area contributed by atoms with Gasteiger partial charge < -0.3 is 9.22 Å². The first kappa shape index (κ1) is 9.02. The summed E-state index contributed by atoms with van der Waals surface area (Å²) < 4.78 is 4.39. The van der Waals surface area contributed by atoms with Gasteiger partial charge in [0.15, 0.2) is 0 Å². The van der Waals surface area contributed by atoms with Gasteiger partial charge in [-0.3, -0.25) is 0 Å². The van der Waals surface area contributed by atoms with Crippen LogP contribution in [0.25, 0.3) is 0 Å². The molecule has 0 aliphatic heterocycles. The molecule has 0 aromatic rings. The van der Waals surface area contributed by atoms with Gasteiger partial charge in [0.1, 0.15) is 21.0 Å². The number of hydrogen-bond donors (Lipinski definition) is 1. The average Bonchev–Trinajstić information content (AvgIpc) is 1.46. The zero-order valence-electron chi connectivity index (χ0n) is 3.86. The summed E-state index contributed by atoms with van der Waals surface area (Å²) in [6.45, 7) is 0. The van der Waals surface area contributed by atoms with Gasteiger partial charge in [-0.1, -0.05) is 0 Å². The molecule has 0 amide bonds. The molecular formula is CH10O2Si2. The Balaban J connectivity index is 0. The predicted octanol–water partition coefficient (Wildman–Crippen LogP) is -2.83. The Hall–Kier alpha value is 0.354. The Morgan fingerprint density at radius 1 is 1.60 bits per heavy atom. The summed E-state index contributed by atoms with van der Waals surface area (Å²) in [5.74, 6) is 0. The second kappa shape index (κ2) is 26.7. The smallest absolute Gasteiger partial charge is 0.145 e. The van der Waals surface area contributed by atoms with Crippen LogP contribution in [0.3, 0.4) is 0 Å². The Morgan fingerprint density at radius 2 is 1.60 bits per heavy atom. The second-order valence-electron chi connectivity index (χ2n) is 0.408. The zero-order valence-corrected chi connectivity index (χ0v) is 7.86. The van der Waals surface area contributed by atoms with Gasteiger partial charge in [-0.15, -0.1) is 0 Å². The fourth-order valence-electron chi connectivity index (χ4n) is 0. The van der Waals surface area contributed by atoms with Gasteiger partial charge in [0.2, 0.25) is 0 Å². The molecule has 5 heavy (non-hydrogen) atoms. The van der Waals surface area contributed by atoms with Crippen molar-refractivity contribution in [2.24, 2.45) is 0 Å². The highest BCUT2D eigenvalue weighted by molar-refractivity contribution is 5.97. The van der Waals surface area contributed by atoms with Gasteiger partial charge in [-0.25, -0.2) is 0 Å². The minimum atomic E-state index is 0.306. The Labute approximate surface area is 38.2 Å². The van der Waals surface area contributed by atoms with Gasteiger partial charge in [0, 0.05) is 7.11 Å². The minimum absolute atomic E-state index is 0.306. The standard InChI is InChI=1S/CH6OSi.H4OSi/c1-2-3;1-2/h1,3H3;1H,2H3. The predicted molar refractivity (Wildman–Crippen MR) is 29.1 cm³/mol. The lowest BCUT2D eigenvalue weighted by Crippen LogP contribution is -1.60. The normalized spacial score (nSPS) is 6.00. The SMILES string of the molecule is CO[SiH3].O[SiH3]. The lowest BCUT2D eigenvalue weighted by Gasteiger charge is -1.61. The first-order valence-electron chi connectivity index (χ1n) is 1.26. The second-order valence-corrected chi connectivity index (χ2v) is 1.22. The number of rotatable bonds is 0. The third-order valence-corrected chi connectivity index (χ3v) is 0. The van der Waals surface area contributed by atoms with Crippen LogP contribution in [0.2, 0.25) is 0 Å². The molecule has 0 aromatic carbocycles. The monoisotopic (exact) mass is 110 g/mol. The summed E-state index contributed by atoms with van der Waals surface area (Å²) in [7, 11) is 2.86. The highest BCUT2D eigenvalue weighted by Gasteiger charge is 1.27. The van der Waals surface area contributed by atoms with Crippen molar-refractivity contribution in [3.05, 3.63) is 0 Å². The first-order valence-corrected chi connectivity index (χ1v) is 2.97. The van der Waals surface area contributed by atoms with Crippen molar-refractivity contribution in [1.82, 2.24) is 0 Å². The van der Waals surface area contributed by atoms with E-state index >= 15 is 0 Å². The summed E-state index contributed by atoms with van der Waals surface area (Å²) in [6, 6.07) is 0. The van der Waals surface area contributed by atoms with Crippen LogP contribution in [0, 0.1) is 0 Å². The molecule has 34 valence electrons. The molecule has 0 saturated heterocycles. The van der Waals surface area contributed by atoms with Crippen LogP contribution in [0.4, 0.5) is 0 Å². The van der Waals surface area contributed by atoms with Crippen LogP contribution >= 0.6 is 0 Å². The summed E-state index contributed by atoms with van der Waals surface area (Å²) in [5, 5.41) is 0. The molecule has 0 rings (SSSR count). The summed E-state index contributed by atoms with van der Waals surface area (Å²) in [4.78, 5) is 7.14. The van der Waals surface area contributed by atoms with Crippen molar-refractivity contribution in [3.63, 3.8) is 0 Å². The quantitative estimate of drug-likeness (QED) is 0.341. The van der Waals surface area contributed by atoms with Crippen LogP contribution in [0.5, 0.6) is 0 Å². The zero-order chi connectivity index (χ0) is 4.71. The van der Waals surface area contributed by atoms with Crippen LogP contribution in [-0.2, 0) is 4.43 Å². The van der Waals surface area contributed by atoms with Crippen molar-refractivity contribution in [2.45, 2.75) is 0 Å². The molecule has 0 aliphatic rings. The topological polar surface area (TPSA) is 29.5 Å². The van der Waals surface area contributed by atoms with E-state index in [2.05, 4.69) is 4.43 Å². The molecule has 0 bridgehead atoms. The fraction of sp³-hybridized carbons (Fsp3) is 1.00. The van der Waals surface area contributed by atoms with Crippen LogP contribution in [-0.4, -0.2) is 32.9 Å². The van der Waals surface area contributed by atoms with E-state index in [0.29, 0.717) is 10.5 Å². The highest BCUT2D eigenvalue weighted by atomic mass is 28.2. The molecule has 0 aliphatic carbocycles. The molecular weight excluding hydrogens is 100 g/mol. The average molecular weight is 110 g/mol. The molecule has 0 atom stereocenters. The first-order chi connectivity index (χ1) is 2.41. The van der Waals surface area contributed by atoms with E-state index in [1.54, 1.807) is 7.11 Å². The molecule has 0 fully saturated rings. The van der Waals surface area contributed by atoms with E-state index in [0.717, 1.165) is 10.5 Å². The third-order valence-electron chi connectivity index (χ3n) is 0. The highest BCUT2D eigenvalue weighted by Crippen LogP contribution is 1.24. The fourth-order valence-corrected chi connectivity index (χ4v) is 0. The largest absolute Gasteiger partial charge is 0.442 e. The minimum Gasteiger partial charge on any atom is -0.442 e. The van der Waals surface area contributed by atoms with Crippen LogP contribution in [0.15, 0.2) is 0 Å². The van der Waals surface area contributed by atoms with Gasteiger partial charge in [-0.05, 0) is 0 Å². The van der Waals surface area contributed by atoms with Crippen molar-refractivity contribution >= 4 is 21.0 Å². The molecule has 0 saturated carbocycles. The molecule has 0 spiro atoms. The lowest BCUT2D eigenvalue weighted by atomic mass is 11.8. The van der Waals surface area contributed by atoms with Crippen molar-refractivity contribution in [3.8, 4) is 0 Å². The van der Waals surface area contributed by atoms with Crippen molar-refractivity contribution < 1.29 is 9.22 Å². The molecule has 0 aromatic heterocycles. The molecule has 0 heterocycles. The maximum absolute atomic E-state index is 7.14. The van der Waals surface area contributed by atoms with Gasteiger partial charge in [-0.2, -0.15) is 0 Å². The van der Waals surface area contributed by atoms with Crippen molar-refractivity contribution in [2.75, 3.05) is 7.11 Å². The third kappa shape index (κ3) is 193. The number of hydrogen-bond acceptors (Lipinski definition) is 2. The van der Waals surface area contributed by atoms with E-state index in [1.165, 1.54) is 0 Å². The molecule has 1 N–H and O–H groups in total. The van der Waals surface area contributed by atoms with E-state index in [9.17, 15) is 0 Å². The Bertz CT molecular complexity index is 7.61. The van der Waals surface area contributed by atoms with Gasteiger partial charge in [0.25, 0.3) is 0 Å². The van der Waals surface area contributed by atoms with Crippen LogP contribution in [0.1, 0.15) is 0 Å². The van der Waals surface area contributed by atoms with E-state index in [-0.39, 0.29) is 0 Å². The Kier molecular flexibility index (Phi) is 48.2. The summed E-state index contributed by atoms with van der Waals surface area (Å²) in [6.07, 6.45) is 0. The van der Waals surface area contributed by atoms with Crippen LogP contribution < -0.4 is 0 Å². The lowest BCUT2D eigenvalue weighted by molar-refractivity contribution is 0.460. The maximum Gasteiger partial charge on any atom is 0.145 e. The summed E-state index contributed by atoms with van der Waals surface area (Å²) in [5.41, 5.74) is 0. The molecule has 0 unspecified atom stereocenters.